The lowest BCUT2D eigenvalue weighted by Gasteiger charge is -2.07. The molecular weight excluding hydrogens is 198 g/mol. The maximum absolute atomic E-state index is 4.69. The molecule has 0 saturated carbocycles. The number of aryl methyl sites for hydroxylation is 1. The second-order valence-electron chi connectivity index (χ2n) is 4.02. The maximum atomic E-state index is 4.69. The van der Waals surface area contributed by atoms with E-state index in [-0.39, 0.29) is 0 Å². The zero-order valence-electron chi connectivity index (χ0n) is 10.0. The molecule has 1 aromatic heterocycles. The average molecular weight is 217 g/mol. The summed E-state index contributed by atoms with van der Waals surface area (Å²) in [6.07, 6.45) is 2.14. The highest BCUT2D eigenvalue weighted by Gasteiger charge is 2.08. The number of hydrogen-bond donors (Lipinski definition) is 1. The highest BCUT2D eigenvalue weighted by Crippen LogP contribution is 2.16. The van der Waals surface area contributed by atoms with Gasteiger partial charge in [0.05, 0.1) is 11.0 Å². The molecule has 0 aliphatic carbocycles. The molecule has 0 saturated heterocycles. The third kappa shape index (κ3) is 2.09. The molecule has 3 heteroatoms. The molecule has 0 aliphatic rings. The molecule has 2 aromatic rings. The molecule has 1 N–H and O–H groups in total. The van der Waals surface area contributed by atoms with Crippen molar-refractivity contribution in [2.24, 2.45) is 0 Å². The van der Waals surface area contributed by atoms with Gasteiger partial charge < -0.3 is 9.88 Å². The Labute approximate surface area is 96.5 Å². The van der Waals surface area contributed by atoms with Crippen LogP contribution in [-0.4, -0.2) is 23.1 Å². The molecule has 1 heterocycles. The van der Waals surface area contributed by atoms with E-state index in [4.69, 9.17) is 4.98 Å². The quantitative estimate of drug-likeness (QED) is 0.832. The summed E-state index contributed by atoms with van der Waals surface area (Å²) in [5.74, 6) is 1.19. The first kappa shape index (κ1) is 11.1. The summed E-state index contributed by atoms with van der Waals surface area (Å²) in [6, 6.07) is 8.37. The van der Waals surface area contributed by atoms with E-state index in [1.807, 2.05) is 13.1 Å². The van der Waals surface area contributed by atoms with Crippen LogP contribution >= 0.6 is 0 Å². The number of hydrogen-bond acceptors (Lipinski definition) is 2. The van der Waals surface area contributed by atoms with E-state index in [1.165, 1.54) is 11.3 Å². The lowest BCUT2D eigenvalue weighted by atomic mass is 10.3. The Morgan fingerprint density at radius 3 is 2.88 bits per heavy atom. The van der Waals surface area contributed by atoms with Crippen LogP contribution in [-0.2, 0) is 13.0 Å². The zero-order valence-corrected chi connectivity index (χ0v) is 10.0. The lowest BCUT2D eigenvalue weighted by molar-refractivity contribution is 0.638. The van der Waals surface area contributed by atoms with Crippen molar-refractivity contribution >= 4 is 11.0 Å². The number of aromatic nitrogens is 2. The third-order valence-electron chi connectivity index (χ3n) is 2.78. The van der Waals surface area contributed by atoms with Crippen LogP contribution in [0.5, 0.6) is 0 Å². The van der Waals surface area contributed by atoms with E-state index in [1.54, 1.807) is 0 Å². The normalized spacial score (nSPS) is 11.1. The van der Waals surface area contributed by atoms with Gasteiger partial charge >= 0.3 is 0 Å². The van der Waals surface area contributed by atoms with Gasteiger partial charge in [0.2, 0.25) is 0 Å². The summed E-state index contributed by atoms with van der Waals surface area (Å²) in [4.78, 5) is 4.69. The van der Waals surface area contributed by atoms with Crippen LogP contribution in [0, 0.1) is 0 Å². The summed E-state index contributed by atoms with van der Waals surface area (Å²) in [5.41, 5.74) is 2.37. The van der Waals surface area contributed by atoms with Crippen molar-refractivity contribution < 1.29 is 0 Å². The minimum absolute atomic E-state index is 0.979. The number of para-hydroxylation sites is 2. The highest BCUT2D eigenvalue weighted by molar-refractivity contribution is 5.75. The van der Waals surface area contributed by atoms with Crippen LogP contribution in [0.2, 0.25) is 0 Å². The van der Waals surface area contributed by atoms with E-state index < -0.39 is 0 Å². The van der Waals surface area contributed by atoms with E-state index >= 15 is 0 Å². The van der Waals surface area contributed by atoms with E-state index in [0.29, 0.717) is 0 Å². The smallest absolute Gasteiger partial charge is 0.111 e. The summed E-state index contributed by atoms with van der Waals surface area (Å²) >= 11 is 0. The second kappa shape index (κ2) is 5.12. The first-order valence-corrected chi connectivity index (χ1v) is 5.95. The Morgan fingerprint density at radius 1 is 1.31 bits per heavy atom. The molecule has 0 amide bonds. The van der Waals surface area contributed by atoms with Crippen LogP contribution < -0.4 is 5.32 Å². The SMILES string of the molecule is CCCn1c(CCNC)nc2ccccc21. The predicted octanol–water partition coefficient (Wildman–Crippen LogP) is 2.21. The molecule has 3 nitrogen and oxygen atoms in total. The van der Waals surface area contributed by atoms with E-state index in [2.05, 4.69) is 35.0 Å². The van der Waals surface area contributed by atoms with Crippen molar-refractivity contribution in [3.05, 3.63) is 30.1 Å². The fraction of sp³-hybridized carbons (Fsp3) is 0.462. The highest BCUT2D eigenvalue weighted by atomic mass is 15.1. The number of fused-ring (bicyclic) bond motifs is 1. The average Bonchev–Trinajstić information content (AvgIpc) is 2.66. The number of benzene rings is 1. The van der Waals surface area contributed by atoms with Gasteiger partial charge in [0, 0.05) is 19.5 Å². The summed E-state index contributed by atoms with van der Waals surface area (Å²) in [7, 11) is 1.98. The molecule has 0 fully saturated rings. The fourth-order valence-corrected chi connectivity index (χ4v) is 2.03. The molecule has 0 radical (unpaired) electrons. The molecule has 0 aliphatic heterocycles. The molecule has 1 aromatic carbocycles. The van der Waals surface area contributed by atoms with Crippen molar-refractivity contribution in [3.63, 3.8) is 0 Å². The Hall–Kier alpha value is -1.35. The Morgan fingerprint density at radius 2 is 2.12 bits per heavy atom. The molecule has 0 spiro atoms. The predicted molar refractivity (Wildman–Crippen MR) is 67.7 cm³/mol. The van der Waals surface area contributed by atoms with Gasteiger partial charge in [-0.2, -0.15) is 0 Å². The molecule has 16 heavy (non-hydrogen) atoms. The monoisotopic (exact) mass is 217 g/mol. The van der Waals surface area contributed by atoms with E-state index in [0.717, 1.165) is 31.4 Å². The lowest BCUT2D eigenvalue weighted by Crippen LogP contribution is -2.14. The minimum Gasteiger partial charge on any atom is -0.328 e. The van der Waals surface area contributed by atoms with Gasteiger partial charge in [0.1, 0.15) is 5.82 Å². The van der Waals surface area contributed by atoms with Crippen molar-refractivity contribution in [1.29, 1.82) is 0 Å². The number of imidazole rings is 1. The van der Waals surface area contributed by atoms with Crippen molar-refractivity contribution in [2.75, 3.05) is 13.6 Å². The number of nitrogens with zero attached hydrogens (tertiary/aromatic N) is 2. The molecule has 86 valence electrons. The first-order valence-electron chi connectivity index (χ1n) is 5.95. The minimum atomic E-state index is 0.979. The van der Waals surface area contributed by atoms with Crippen LogP contribution in [0.15, 0.2) is 24.3 Å². The van der Waals surface area contributed by atoms with Gasteiger partial charge in [0.25, 0.3) is 0 Å². The molecule has 2 rings (SSSR count). The second-order valence-corrected chi connectivity index (χ2v) is 4.02. The third-order valence-corrected chi connectivity index (χ3v) is 2.78. The van der Waals surface area contributed by atoms with Gasteiger partial charge in [-0.25, -0.2) is 4.98 Å². The topological polar surface area (TPSA) is 29.9 Å². The number of likely N-dealkylation sites (N-methyl/N-ethyl adjacent to an activating group) is 1. The molecule has 0 unspecified atom stereocenters. The Kier molecular flexibility index (Phi) is 3.57. The van der Waals surface area contributed by atoms with Gasteiger partial charge in [0.15, 0.2) is 0 Å². The van der Waals surface area contributed by atoms with Gasteiger partial charge in [-0.3, -0.25) is 0 Å². The van der Waals surface area contributed by atoms with Crippen LogP contribution in [0.1, 0.15) is 19.2 Å². The number of rotatable bonds is 5. The zero-order chi connectivity index (χ0) is 11.4. The van der Waals surface area contributed by atoms with Crippen LogP contribution in [0.3, 0.4) is 0 Å². The van der Waals surface area contributed by atoms with Crippen LogP contribution in [0.4, 0.5) is 0 Å². The van der Waals surface area contributed by atoms with Crippen molar-refractivity contribution in [2.45, 2.75) is 26.3 Å². The molecule has 0 bridgehead atoms. The van der Waals surface area contributed by atoms with Gasteiger partial charge in [-0.05, 0) is 25.6 Å². The van der Waals surface area contributed by atoms with Crippen LogP contribution in [0.25, 0.3) is 11.0 Å². The summed E-state index contributed by atoms with van der Waals surface area (Å²) < 4.78 is 2.34. The Bertz CT molecular complexity index is 459. The van der Waals surface area contributed by atoms with Gasteiger partial charge in [-0.1, -0.05) is 19.1 Å². The van der Waals surface area contributed by atoms with E-state index in [9.17, 15) is 0 Å². The molecule has 0 atom stereocenters. The largest absolute Gasteiger partial charge is 0.328 e. The fourth-order valence-electron chi connectivity index (χ4n) is 2.03. The number of nitrogens with one attached hydrogen (secondary N) is 1. The standard InChI is InChI=1S/C13H19N3/c1-3-10-16-12-7-5-4-6-11(12)15-13(16)8-9-14-2/h4-7,14H,3,8-10H2,1-2H3. The summed E-state index contributed by atoms with van der Waals surface area (Å²) in [6.45, 7) is 4.24. The van der Waals surface area contributed by atoms with Crippen molar-refractivity contribution in [1.82, 2.24) is 14.9 Å². The Balaban J connectivity index is 2.41. The molecular formula is C13H19N3. The maximum Gasteiger partial charge on any atom is 0.111 e. The first-order chi connectivity index (χ1) is 7.86. The summed E-state index contributed by atoms with van der Waals surface area (Å²) in [5, 5.41) is 3.18. The van der Waals surface area contributed by atoms with Gasteiger partial charge in [-0.15, -0.1) is 0 Å². The van der Waals surface area contributed by atoms with Crippen molar-refractivity contribution in [3.8, 4) is 0 Å².